The highest BCUT2D eigenvalue weighted by Crippen LogP contribution is 1.90. The maximum Gasteiger partial charge on any atom is 0.125 e. The van der Waals surface area contributed by atoms with Crippen LogP contribution in [0.3, 0.4) is 0 Å². The van der Waals surface area contributed by atoms with Crippen LogP contribution >= 0.6 is 0 Å². The Labute approximate surface area is 65.1 Å². The predicted octanol–water partition coefficient (Wildman–Crippen LogP) is 0.638. The number of hydrogen-bond donors (Lipinski definition) is 0. The lowest BCUT2D eigenvalue weighted by Gasteiger charge is -1.88. The average Bonchev–Trinajstić information content (AvgIpc) is 2.11. The van der Waals surface area contributed by atoms with Gasteiger partial charge in [-0.1, -0.05) is 6.07 Å². The first-order chi connectivity index (χ1) is 5.43. The number of aromatic nitrogens is 1. The Morgan fingerprint density at radius 3 is 2.64 bits per heavy atom. The Balaban J connectivity index is 0.000000461. The molecular weight excluding hydrogens is 142 g/mol. The van der Waals surface area contributed by atoms with Crippen LogP contribution in [0.2, 0.25) is 0 Å². The van der Waals surface area contributed by atoms with E-state index in [0.29, 0.717) is 6.42 Å². The van der Waals surface area contributed by atoms with Gasteiger partial charge in [0.15, 0.2) is 0 Å². The molecule has 3 nitrogen and oxygen atoms in total. The van der Waals surface area contributed by atoms with Gasteiger partial charge < -0.3 is 9.59 Å². The molecule has 0 unspecified atom stereocenters. The van der Waals surface area contributed by atoms with Gasteiger partial charge in [-0.25, -0.2) is 0 Å². The van der Waals surface area contributed by atoms with Gasteiger partial charge in [0.05, 0.1) is 0 Å². The minimum Gasteiger partial charge on any atom is -0.307 e. The van der Waals surface area contributed by atoms with E-state index >= 15 is 0 Å². The normalized spacial score (nSPS) is 7.64. The largest absolute Gasteiger partial charge is 0.307 e. The van der Waals surface area contributed by atoms with Crippen LogP contribution in [0.1, 0.15) is 5.69 Å². The molecule has 11 heavy (non-hydrogen) atoms. The Bertz CT molecular complexity index is 199. The summed E-state index contributed by atoms with van der Waals surface area (Å²) in [5.74, 6) is 0. The minimum atomic E-state index is 0.417. The summed E-state index contributed by atoms with van der Waals surface area (Å²) in [6, 6.07) is 5.52. The van der Waals surface area contributed by atoms with Crippen molar-refractivity contribution >= 4 is 13.1 Å². The van der Waals surface area contributed by atoms with Crippen LogP contribution in [-0.2, 0) is 16.0 Å². The van der Waals surface area contributed by atoms with Crippen molar-refractivity contribution in [3.8, 4) is 0 Å². The molecule has 1 rings (SSSR count). The number of pyridine rings is 1. The number of carbonyl (C=O) groups is 2. The third-order valence-corrected chi connectivity index (χ3v) is 1.02. The summed E-state index contributed by atoms with van der Waals surface area (Å²) in [5, 5.41) is 0. The Kier molecular flexibility index (Phi) is 5.70. The van der Waals surface area contributed by atoms with Crippen LogP contribution in [-0.4, -0.2) is 18.1 Å². The molecule has 0 aliphatic heterocycles. The molecule has 1 heterocycles. The molecule has 58 valence electrons. The number of nitrogens with zero attached hydrogens (tertiary/aromatic N) is 1. The summed E-state index contributed by atoms with van der Waals surface area (Å²) in [4.78, 5) is 21.9. The molecule has 0 radical (unpaired) electrons. The number of carbonyl (C=O) groups excluding carboxylic acids is 2. The van der Waals surface area contributed by atoms with Gasteiger partial charge in [-0.3, -0.25) is 4.98 Å². The van der Waals surface area contributed by atoms with Crippen LogP contribution in [0.25, 0.3) is 0 Å². The van der Waals surface area contributed by atoms with Gasteiger partial charge in [-0.15, -0.1) is 0 Å². The van der Waals surface area contributed by atoms with Crippen LogP contribution in [0, 0.1) is 0 Å². The molecular formula is C8H9NO2. The predicted molar refractivity (Wildman–Crippen MR) is 41.1 cm³/mol. The van der Waals surface area contributed by atoms with Gasteiger partial charge in [0.25, 0.3) is 0 Å². The zero-order chi connectivity index (χ0) is 8.53. The fourth-order valence-electron chi connectivity index (χ4n) is 0.604. The molecule has 0 fully saturated rings. The van der Waals surface area contributed by atoms with Crippen LogP contribution < -0.4 is 0 Å². The molecule has 0 saturated heterocycles. The SMILES string of the molecule is C=O.O=CCc1ccccn1. The molecule has 0 aliphatic carbocycles. The van der Waals surface area contributed by atoms with Crippen LogP contribution in [0.15, 0.2) is 24.4 Å². The van der Waals surface area contributed by atoms with E-state index in [0.717, 1.165) is 12.0 Å². The third-order valence-electron chi connectivity index (χ3n) is 1.02. The van der Waals surface area contributed by atoms with Gasteiger partial charge in [-0.05, 0) is 12.1 Å². The topological polar surface area (TPSA) is 47.0 Å². The van der Waals surface area contributed by atoms with Crippen LogP contribution in [0.5, 0.6) is 0 Å². The quantitative estimate of drug-likeness (QED) is 0.582. The van der Waals surface area contributed by atoms with E-state index in [2.05, 4.69) is 4.98 Å². The van der Waals surface area contributed by atoms with Gasteiger partial charge >= 0.3 is 0 Å². The van der Waals surface area contributed by atoms with Gasteiger partial charge in [0.2, 0.25) is 0 Å². The van der Waals surface area contributed by atoms with E-state index in [1.165, 1.54) is 0 Å². The molecule has 0 atom stereocenters. The second kappa shape index (κ2) is 6.61. The Morgan fingerprint density at radius 1 is 1.45 bits per heavy atom. The Hall–Kier alpha value is -1.51. The van der Waals surface area contributed by atoms with Crippen molar-refractivity contribution in [2.75, 3.05) is 0 Å². The van der Waals surface area contributed by atoms with E-state index < -0.39 is 0 Å². The summed E-state index contributed by atoms with van der Waals surface area (Å²) >= 11 is 0. The number of aldehydes is 1. The number of rotatable bonds is 2. The zero-order valence-electron chi connectivity index (χ0n) is 6.06. The monoisotopic (exact) mass is 151 g/mol. The molecule has 0 amide bonds. The molecule has 0 spiro atoms. The standard InChI is InChI=1S/C7H7NO.CH2O/c9-6-4-7-3-1-2-5-8-7;1-2/h1-3,5-6H,4H2;1H2. The van der Waals surface area contributed by atoms with E-state index in [9.17, 15) is 4.79 Å². The lowest BCUT2D eigenvalue weighted by atomic mass is 10.3. The fourth-order valence-corrected chi connectivity index (χ4v) is 0.604. The summed E-state index contributed by atoms with van der Waals surface area (Å²) < 4.78 is 0. The highest BCUT2D eigenvalue weighted by atomic mass is 16.1. The molecule has 0 bridgehead atoms. The van der Waals surface area contributed by atoms with Gasteiger partial charge in [0, 0.05) is 18.3 Å². The first-order valence-corrected chi connectivity index (χ1v) is 3.06. The maximum atomic E-state index is 9.93. The molecule has 0 aromatic carbocycles. The molecule has 3 heteroatoms. The van der Waals surface area contributed by atoms with Crippen molar-refractivity contribution in [3.63, 3.8) is 0 Å². The van der Waals surface area contributed by atoms with Crippen molar-refractivity contribution in [2.45, 2.75) is 6.42 Å². The zero-order valence-corrected chi connectivity index (χ0v) is 6.06. The second-order valence-electron chi connectivity index (χ2n) is 1.69. The first kappa shape index (κ1) is 9.49. The van der Waals surface area contributed by atoms with Crippen molar-refractivity contribution in [3.05, 3.63) is 30.1 Å². The molecule has 0 aliphatic rings. The summed E-state index contributed by atoms with van der Waals surface area (Å²) in [6.45, 7) is 2.00. The average molecular weight is 151 g/mol. The van der Waals surface area contributed by atoms with Crippen molar-refractivity contribution in [1.29, 1.82) is 0 Å². The highest BCUT2D eigenvalue weighted by Gasteiger charge is 1.86. The number of hydrogen-bond acceptors (Lipinski definition) is 3. The molecule has 0 N–H and O–H groups in total. The Morgan fingerprint density at radius 2 is 2.18 bits per heavy atom. The lowest BCUT2D eigenvalue weighted by Crippen LogP contribution is -1.87. The minimum absolute atomic E-state index is 0.417. The third kappa shape index (κ3) is 3.97. The van der Waals surface area contributed by atoms with E-state index in [4.69, 9.17) is 4.79 Å². The highest BCUT2D eigenvalue weighted by molar-refractivity contribution is 5.53. The second-order valence-corrected chi connectivity index (χ2v) is 1.69. The van der Waals surface area contributed by atoms with E-state index in [1.54, 1.807) is 6.20 Å². The van der Waals surface area contributed by atoms with E-state index in [-0.39, 0.29) is 0 Å². The van der Waals surface area contributed by atoms with E-state index in [1.807, 2.05) is 25.0 Å². The van der Waals surface area contributed by atoms with Crippen molar-refractivity contribution < 1.29 is 9.59 Å². The lowest BCUT2D eigenvalue weighted by molar-refractivity contribution is -0.107. The van der Waals surface area contributed by atoms with Gasteiger partial charge in [0.1, 0.15) is 13.1 Å². The van der Waals surface area contributed by atoms with Crippen molar-refractivity contribution in [1.82, 2.24) is 4.98 Å². The first-order valence-electron chi connectivity index (χ1n) is 3.06. The summed E-state index contributed by atoms with van der Waals surface area (Å²) in [7, 11) is 0. The summed E-state index contributed by atoms with van der Waals surface area (Å²) in [6.07, 6.45) is 2.95. The fraction of sp³-hybridized carbons (Fsp3) is 0.125. The maximum absolute atomic E-state index is 9.93. The molecule has 1 aromatic rings. The van der Waals surface area contributed by atoms with Gasteiger partial charge in [-0.2, -0.15) is 0 Å². The summed E-state index contributed by atoms with van der Waals surface area (Å²) in [5.41, 5.74) is 0.826. The smallest absolute Gasteiger partial charge is 0.125 e. The van der Waals surface area contributed by atoms with Crippen LogP contribution in [0.4, 0.5) is 0 Å². The van der Waals surface area contributed by atoms with Crippen molar-refractivity contribution in [2.24, 2.45) is 0 Å². The molecule has 1 aromatic heterocycles. The molecule has 0 saturated carbocycles.